The number of likely N-dealkylation sites (N-methyl/N-ethyl adjacent to an activating group) is 1. The van der Waals surface area contributed by atoms with Crippen molar-refractivity contribution in [3.05, 3.63) is 48.1 Å². The summed E-state index contributed by atoms with van der Waals surface area (Å²) in [5, 5.41) is 9.45. The number of rotatable bonds is 6. The Morgan fingerprint density at radius 1 is 1.22 bits per heavy atom. The summed E-state index contributed by atoms with van der Waals surface area (Å²) >= 11 is 0. The van der Waals surface area contributed by atoms with E-state index in [-0.39, 0.29) is 5.75 Å². The van der Waals surface area contributed by atoms with Crippen LogP contribution in [0.3, 0.4) is 0 Å². The van der Waals surface area contributed by atoms with E-state index in [0.29, 0.717) is 18.8 Å². The monoisotopic (exact) mass is 328 g/mol. The van der Waals surface area contributed by atoms with Gasteiger partial charge in [0.15, 0.2) is 0 Å². The van der Waals surface area contributed by atoms with E-state index in [1.807, 2.05) is 31.4 Å². The molecule has 3 N–H and O–H groups in total. The summed E-state index contributed by atoms with van der Waals surface area (Å²) in [7, 11) is 3.79. The minimum atomic E-state index is -4.68. The standard InChI is InChI=1S/C15H19F3N4O/c1-19-9-11(14-20-7-8-22(14)2)10-21-12-3-5-13(6-4-12)23-15(16,17)18/h3-8,19-21H,9-10H2,1-2H3/b14-11-. The molecule has 23 heavy (non-hydrogen) atoms. The van der Waals surface area contributed by atoms with Crippen LogP contribution in [-0.2, 0) is 0 Å². The zero-order chi connectivity index (χ0) is 16.9. The predicted molar refractivity (Wildman–Crippen MR) is 82.6 cm³/mol. The lowest BCUT2D eigenvalue weighted by Crippen LogP contribution is -2.25. The van der Waals surface area contributed by atoms with E-state index in [0.717, 1.165) is 11.4 Å². The Morgan fingerprint density at radius 3 is 2.43 bits per heavy atom. The van der Waals surface area contributed by atoms with Crippen molar-refractivity contribution in [2.24, 2.45) is 0 Å². The van der Waals surface area contributed by atoms with E-state index in [1.54, 1.807) is 12.1 Å². The van der Waals surface area contributed by atoms with Crippen LogP contribution in [0.1, 0.15) is 0 Å². The third kappa shape index (κ3) is 5.10. The molecule has 1 heterocycles. The number of halogens is 3. The number of hydrogen-bond acceptors (Lipinski definition) is 5. The maximum atomic E-state index is 12.1. The van der Waals surface area contributed by atoms with Crippen LogP contribution in [0.25, 0.3) is 0 Å². The Balaban J connectivity index is 1.99. The molecule has 0 saturated carbocycles. The van der Waals surface area contributed by atoms with Gasteiger partial charge in [0.1, 0.15) is 11.6 Å². The van der Waals surface area contributed by atoms with Crippen LogP contribution in [0.5, 0.6) is 5.75 Å². The van der Waals surface area contributed by atoms with Crippen LogP contribution < -0.4 is 20.7 Å². The first-order valence-corrected chi connectivity index (χ1v) is 7.01. The van der Waals surface area contributed by atoms with Gasteiger partial charge in [-0.2, -0.15) is 0 Å². The molecule has 0 saturated heterocycles. The van der Waals surface area contributed by atoms with E-state index >= 15 is 0 Å². The Kier molecular flexibility index (Phi) is 5.38. The first kappa shape index (κ1) is 17.0. The Labute approximate surface area is 132 Å². The van der Waals surface area contributed by atoms with Crippen molar-refractivity contribution >= 4 is 5.69 Å². The minimum absolute atomic E-state index is 0.238. The SMILES string of the molecule is CNC/C(CNc1ccc(OC(F)(F)F)cc1)=C1\NC=CN1C. The molecule has 0 aromatic heterocycles. The fourth-order valence-corrected chi connectivity index (χ4v) is 2.18. The van der Waals surface area contributed by atoms with Gasteiger partial charge in [0, 0.05) is 43.8 Å². The second-order valence-corrected chi connectivity index (χ2v) is 4.98. The second kappa shape index (κ2) is 7.28. The molecular formula is C15H19F3N4O. The summed E-state index contributed by atoms with van der Waals surface area (Å²) in [5.74, 6) is 0.738. The number of benzene rings is 1. The molecular weight excluding hydrogens is 309 g/mol. The Hall–Kier alpha value is -2.35. The smallest absolute Gasteiger partial charge is 0.406 e. The maximum Gasteiger partial charge on any atom is 0.573 e. The first-order chi connectivity index (χ1) is 10.9. The molecule has 1 aliphatic rings. The maximum absolute atomic E-state index is 12.1. The minimum Gasteiger partial charge on any atom is -0.406 e. The van der Waals surface area contributed by atoms with E-state index in [2.05, 4.69) is 20.7 Å². The zero-order valence-electron chi connectivity index (χ0n) is 12.9. The molecule has 0 spiro atoms. The highest BCUT2D eigenvalue weighted by atomic mass is 19.4. The van der Waals surface area contributed by atoms with E-state index in [4.69, 9.17) is 0 Å². The van der Waals surface area contributed by atoms with Gasteiger partial charge in [0.2, 0.25) is 0 Å². The van der Waals surface area contributed by atoms with Crippen molar-refractivity contribution in [1.29, 1.82) is 0 Å². The molecule has 0 unspecified atom stereocenters. The van der Waals surface area contributed by atoms with Crippen molar-refractivity contribution in [2.45, 2.75) is 6.36 Å². The quantitative estimate of drug-likeness (QED) is 0.749. The van der Waals surface area contributed by atoms with Crippen LogP contribution in [0.15, 0.2) is 48.1 Å². The van der Waals surface area contributed by atoms with Crippen LogP contribution in [0, 0.1) is 0 Å². The highest BCUT2D eigenvalue weighted by molar-refractivity contribution is 5.47. The third-order valence-electron chi connectivity index (χ3n) is 3.19. The molecule has 8 heteroatoms. The number of anilines is 1. The molecule has 2 rings (SSSR count). The van der Waals surface area contributed by atoms with Crippen LogP contribution in [0.4, 0.5) is 18.9 Å². The number of nitrogens with one attached hydrogen (secondary N) is 3. The van der Waals surface area contributed by atoms with Crippen molar-refractivity contribution in [3.8, 4) is 5.75 Å². The summed E-state index contributed by atoms with van der Waals surface area (Å²) < 4.78 is 40.2. The average Bonchev–Trinajstić information content (AvgIpc) is 2.89. The van der Waals surface area contributed by atoms with Gasteiger partial charge < -0.3 is 25.6 Å². The van der Waals surface area contributed by atoms with Crippen molar-refractivity contribution in [2.75, 3.05) is 32.5 Å². The number of hydrogen-bond donors (Lipinski definition) is 3. The molecule has 1 aliphatic heterocycles. The molecule has 0 aliphatic carbocycles. The van der Waals surface area contributed by atoms with Crippen LogP contribution in [0.2, 0.25) is 0 Å². The lowest BCUT2D eigenvalue weighted by Gasteiger charge is -2.19. The van der Waals surface area contributed by atoms with Gasteiger partial charge in [0.25, 0.3) is 0 Å². The second-order valence-electron chi connectivity index (χ2n) is 4.98. The first-order valence-electron chi connectivity index (χ1n) is 7.01. The number of ether oxygens (including phenoxy) is 1. The van der Waals surface area contributed by atoms with Gasteiger partial charge >= 0.3 is 6.36 Å². The van der Waals surface area contributed by atoms with E-state index in [1.165, 1.54) is 12.1 Å². The van der Waals surface area contributed by atoms with Crippen molar-refractivity contribution in [3.63, 3.8) is 0 Å². The number of nitrogens with zero attached hydrogens (tertiary/aromatic N) is 1. The summed E-state index contributed by atoms with van der Waals surface area (Å²) in [6, 6.07) is 5.66. The van der Waals surface area contributed by atoms with Crippen LogP contribution in [-0.4, -0.2) is 38.4 Å². The molecule has 0 radical (unpaired) electrons. The molecule has 0 amide bonds. The van der Waals surface area contributed by atoms with E-state index < -0.39 is 6.36 Å². The largest absolute Gasteiger partial charge is 0.573 e. The lowest BCUT2D eigenvalue weighted by atomic mass is 10.2. The van der Waals surface area contributed by atoms with Crippen LogP contribution >= 0.6 is 0 Å². The molecule has 1 aromatic carbocycles. The summed E-state index contributed by atoms with van der Waals surface area (Å²) in [4.78, 5) is 1.97. The summed E-state index contributed by atoms with van der Waals surface area (Å²) in [6.07, 6.45) is -0.923. The highest BCUT2D eigenvalue weighted by Gasteiger charge is 2.30. The Morgan fingerprint density at radius 2 is 1.91 bits per heavy atom. The molecule has 126 valence electrons. The molecule has 0 fully saturated rings. The van der Waals surface area contributed by atoms with Gasteiger partial charge in [0.05, 0.1) is 0 Å². The van der Waals surface area contributed by atoms with Gasteiger partial charge in [-0.1, -0.05) is 0 Å². The predicted octanol–water partition coefficient (Wildman–Crippen LogP) is 2.43. The van der Waals surface area contributed by atoms with Gasteiger partial charge in [-0.05, 0) is 31.3 Å². The fourth-order valence-electron chi connectivity index (χ4n) is 2.18. The molecule has 0 bridgehead atoms. The summed E-state index contributed by atoms with van der Waals surface area (Å²) in [6.45, 7) is 1.23. The van der Waals surface area contributed by atoms with Gasteiger partial charge in [-0.15, -0.1) is 13.2 Å². The molecule has 5 nitrogen and oxygen atoms in total. The molecule has 0 atom stereocenters. The third-order valence-corrected chi connectivity index (χ3v) is 3.19. The van der Waals surface area contributed by atoms with Crippen molar-refractivity contribution < 1.29 is 17.9 Å². The lowest BCUT2D eigenvalue weighted by molar-refractivity contribution is -0.274. The van der Waals surface area contributed by atoms with Crippen molar-refractivity contribution in [1.82, 2.24) is 15.5 Å². The zero-order valence-corrected chi connectivity index (χ0v) is 12.9. The van der Waals surface area contributed by atoms with Gasteiger partial charge in [-0.25, -0.2) is 0 Å². The summed E-state index contributed by atoms with van der Waals surface area (Å²) in [5.41, 5.74) is 1.80. The Bertz CT molecular complexity index is 581. The normalized spacial score (nSPS) is 16.3. The highest BCUT2D eigenvalue weighted by Crippen LogP contribution is 2.24. The molecule has 1 aromatic rings. The van der Waals surface area contributed by atoms with Gasteiger partial charge in [-0.3, -0.25) is 0 Å². The van der Waals surface area contributed by atoms with E-state index in [9.17, 15) is 13.2 Å². The fraction of sp³-hybridized carbons (Fsp3) is 0.333. The average molecular weight is 328 g/mol. The number of alkyl halides is 3. The topological polar surface area (TPSA) is 48.6 Å².